The fourth-order valence-corrected chi connectivity index (χ4v) is 10.7. The van der Waals surface area contributed by atoms with E-state index in [-0.39, 0.29) is 11.3 Å². The van der Waals surface area contributed by atoms with Crippen LogP contribution in [0.2, 0.25) is 0 Å². The molecule has 4 heteroatoms. The van der Waals surface area contributed by atoms with Crippen molar-refractivity contribution in [3.8, 4) is 6.07 Å². The second-order valence-electron chi connectivity index (χ2n) is 14.1. The molecule has 4 nitrogen and oxygen atoms in total. The summed E-state index contributed by atoms with van der Waals surface area (Å²) in [6, 6.07) is 2.17. The first-order valence-electron chi connectivity index (χ1n) is 14.8. The molecule has 1 heterocycles. The van der Waals surface area contributed by atoms with Crippen LogP contribution in [0.3, 0.4) is 0 Å². The lowest BCUT2D eigenvalue weighted by atomic mass is 9.40. The molecule has 4 saturated carbocycles. The zero-order chi connectivity index (χ0) is 25.0. The first-order chi connectivity index (χ1) is 16.6. The first-order valence-corrected chi connectivity index (χ1v) is 14.8. The average Bonchev–Trinajstić information content (AvgIpc) is 3.24. The van der Waals surface area contributed by atoms with Crippen molar-refractivity contribution in [3.05, 3.63) is 18.0 Å². The highest BCUT2D eigenvalue weighted by Gasteiger charge is 2.61. The standard InChI is InChI=1S/C31H49N3O/c1-6-7-22-9-10-26-24-13-15-30(4)27(31(5,35)20-34-19-23(17-32)18-33-34)11-8-21(2)28(30)25(24)12-14-29(26,3)16-22/h18-19,21-22,24-28,35H,6-16,20H2,1-5H3/t21-,22+,24?,25-,26-,27+,28?,29-,30-,31-/m1/s1. The Morgan fingerprint density at radius 2 is 1.91 bits per heavy atom. The Hall–Kier alpha value is -1.34. The van der Waals surface area contributed by atoms with Gasteiger partial charge in [0.1, 0.15) is 6.07 Å². The summed E-state index contributed by atoms with van der Waals surface area (Å²) in [5.74, 6) is 5.35. The molecule has 5 rings (SSSR count). The molecule has 35 heavy (non-hydrogen) atoms. The van der Waals surface area contributed by atoms with E-state index in [1.807, 2.05) is 6.92 Å². The molecule has 4 fully saturated rings. The van der Waals surface area contributed by atoms with Gasteiger partial charge in [-0.05, 0) is 104 Å². The summed E-state index contributed by atoms with van der Waals surface area (Å²) in [5.41, 5.74) is 0.497. The van der Waals surface area contributed by atoms with Gasteiger partial charge in [-0.1, -0.05) is 53.4 Å². The molecule has 4 aliphatic rings. The third-order valence-electron chi connectivity index (χ3n) is 11.9. The van der Waals surface area contributed by atoms with Crippen molar-refractivity contribution < 1.29 is 5.11 Å². The van der Waals surface area contributed by atoms with Gasteiger partial charge in [0.25, 0.3) is 0 Å². The summed E-state index contributed by atoms with van der Waals surface area (Å²) < 4.78 is 1.79. The van der Waals surface area contributed by atoms with E-state index in [1.165, 1.54) is 64.2 Å². The maximum Gasteiger partial charge on any atom is 0.102 e. The fraction of sp³-hybridized carbons (Fsp3) is 0.871. The maximum atomic E-state index is 11.9. The van der Waals surface area contributed by atoms with Gasteiger partial charge >= 0.3 is 0 Å². The Morgan fingerprint density at radius 1 is 1.14 bits per heavy atom. The maximum absolute atomic E-state index is 11.9. The smallest absolute Gasteiger partial charge is 0.102 e. The molecule has 1 aromatic heterocycles. The van der Waals surface area contributed by atoms with Gasteiger partial charge in [-0.25, -0.2) is 0 Å². The minimum atomic E-state index is -0.819. The summed E-state index contributed by atoms with van der Waals surface area (Å²) in [5, 5.41) is 25.5. The molecule has 0 amide bonds. The highest BCUT2D eigenvalue weighted by Crippen LogP contribution is 2.68. The topological polar surface area (TPSA) is 61.8 Å². The normalized spacial score (nSPS) is 44.9. The van der Waals surface area contributed by atoms with Crippen LogP contribution in [-0.4, -0.2) is 20.5 Å². The van der Waals surface area contributed by atoms with E-state index in [2.05, 4.69) is 38.9 Å². The Balaban J connectivity index is 1.38. The molecule has 4 aliphatic carbocycles. The minimum absolute atomic E-state index is 0.181. The molecule has 2 unspecified atom stereocenters. The third kappa shape index (κ3) is 4.28. The van der Waals surface area contributed by atoms with E-state index in [4.69, 9.17) is 0 Å². The SMILES string of the molecule is CCC[C@H]1CC[C@@H]2C3CC[C@@]4(C)C([C@@H]3CC[C@]2(C)C1)[C@H](C)CC[C@@H]4[C@](C)(O)Cn1cc(C#N)cn1. The molecule has 0 bridgehead atoms. The Labute approximate surface area is 213 Å². The number of nitrogens with zero attached hydrogens (tertiary/aromatic N) is 3. The summed E-state index contributed by atoms with van der Waals surface area (Å²) in [7, 11) is 0. The second-order valence-corrected chi connectivity index (χ2v) is 14.1. The van der Waals surface area contributed by atoms with E-state index in [0.717, 1.165) is 41.9 Å². The molecule has 0 aliphatic heterocycles. The number of fused-ring (bicyclic) bond motifs is 5. The molecular weight excluding hydrogens is 430 g/mol. The van der Waals surface area contributed by atoms with E-state index in [0.29, 0.717) is 17.5 Å². The van der Waals surface area contributed by atoms with Crippen molar-refractivity contribution in [2.24, 2.45) is 52.3 Å². The van der Waals surface area contributed by atoms with Gasteiger partial charge in [0, 0.05) is 6.20 Å². The van der Waals surface area contributed by atoms with Crippen molar-refractivity contribution in [1.82, 2.24) is 9.78 Å². The zero-order valence-electron chi connectivity index (χ0n) is 23.0. The van der Waals surface area contributed by atoms with E-state index in [9.17, 15) is 10.4 Å². The van der Waals surface area contributed by atoms with Crippen LogP contribution in [0.1, 0.15) is 111 Å². The second kappa shape index (κ2) is 9.20. The Morgan fingerprint density at radius 3 is 2.63 bits per heavy atom. The summed E-state index contributed by atoms with van der Waals surface area (Å²) >= 11 is 0. The molecule has 194 valence electrons. The van der Waals surface area contributed by atoms with E-state index in [1.54, 1.807) is 17.1 Å². The summed E-state index contributed by atoms with van der Waals surface area (Å²) in [6.07, 6.45) is 18.3. The van der Waals surface area contributed by atoms with Crippen LogP contribution in [0.4, 0.5) is 0 Å². The van der Waals surface area contributed by atoms with Crippen molar-refractivity contribution in [2.45, 2.75) is 117 Å². The van der Waals surface area contributed by atoms with Gasteiger partial charge in [0.2, 0.25) is 0 Å². The zero-order valence-corrected chi connectivity index (χ0v) is 23.0. The van der Waals surface area contributed by atoms with Gasteiger partial charge in [-0.3, -0.25) is 4.68 Å². The van der Waals surface area contributed by atoms with Crippen LogP contribution in [0, 0.1) is 63.6 Å². The fourth-order valence-electron chi connectivity index (χ4n) is 10.7. The lowest BCUT2D eigenvalue weighted by Gasteiger charge is -2.65. The number of nitriles is 1. The number of hydrogen-bond donors (Lipinski definition) is 1. The summed E-state index contributed by atoms with van der Waals surface area (Å²) in [4.78, 5) is 0. The molecule has 0 radical (unpaired) electrons. The lowest BCUT2D eigenvalue weighted by Crippen LogP contribution is -2.60. The van der Waals surface area contributed by atoms with E-state index >= 15 is 0 Å². The van der Waals surface area contributed by atoms with Crippen molar-refractivity contribution in [2.75, 3.05) is 0 Å². The molecule has 0 aromatic carbocycles. The Bertz CT molecular complexity index is 945. The van der Waals surface area contributed by atoms with Crippen molar-refractivity contribution >= 4 is 0 Å². The molecule has 0 spiro atoms. The van der Waals surface area contributed by atoms with Crippen LogP contribution >= 0.6 is 0 Å². The quantitative estimate of drug-likeness (QED) is 0.485. The predicted molar refractivity (Wildman–Crippen MR) is 140 cm³/mol. The highest BCUT2D eigenvalue weighted by atomic mass is 16.3. The molecule has 10 atom stereocenters. The summed E-state index contributed by atoms with van der Waals surface area (Å²) in [6.45, 7) is 12.6. The lowest BCUT2D eigenvalue weighted by molar-refractivity contribution is -0.189. The molecular formula is C31H49N3O. The third-order valence-corrected chi connectivity index (χ3v) is 11.9. The Kier molecular flexibility index (Phi) is 6.65. The van der Waals surface area contributed by atoms with Gasteiger partial charge in [0.05, 0.1) is 23.9 Å². The average molecular weight is 480 g/mol. The van der Waals surface area contributed by atoms with Gasteiger partial charge in [-0.2, -0.15) is 10.4 Å². The number of hydrogen-bond acceptors (Lipinski definition) is 3. The molecule has 1 aromatic rings. The van der Waals surface area contributed by atoms with Crippen molar-refractivity contribution in [1.29, 1.82) is 5.26 Å². The number of aliphatic hydroxyl groups is 1. The van der Waals surface area contributed by atoms with E-state index < -0.39 is 5.60 Å². The number of rotatable bonds is 5. The van der Waals surface area contributed by atoms with Gasteiger partial charge in [-0.15, -0.1) is 0 Å². The molecule has 0 saturated heterocycles. The van der Waals surface area contributed by atoms with Gasteiger partial charge in [0.15, 0.2) is 0 Å². The largest absolute Gasteiger partial charge is 0.388 e. The monoisotopic (exact) mass is 479 g/mol. The predicted octanol–water partition coefficient (Wildman–Crippen LogP) is 7.22. The molecule has 1 N–H and O–H groups in total. The minimum Gasteiger partial charge on any atom is -0.388 e. The van der Waals surface area contributed by atoms with Crippen LogP contribution in [-0.2, 0) is 6.54 Å². The van der Waals surface area contributed by atoms with Crippen LogP contribution < -0.4 is 0 Å². The van der Waals surface area contributed by atoms with Gasteiger partial charge < -0.3 is 5.11 Å². The first kappa shape index (κ1) is 25.3. The van der Waals surface area contributed by atoms with Crippen molar-refractivity contribution in [3.63, 3.8) is 0 Å². The van der Waals surface area contributed by atoms with Crippen LogP contribution in [0.15, 0.2) is 12.4 Å². The van der Waals surface area contributed by atoms with Crippen LogP contribution in [0.25, 0.3) is 0 Å². The van der Waals surface area contributed by atoms with Crippen LogP contribution in [0.5, 0.6) is 0 Å². The number of aromatic nitrogens is 2. The highest BCUT2D eigenvalue weighted by molar-refractivity contribution is 5.21.